The molecule has 0 spiro atoms. The molecule has 124 valence electrons. The molecule has 23 heavy (non-hydrogen) atoms. The summed E-state index contributed by atoms with van der Waals surface area (Å²) >= 11 is 0. The normalized spacial score (nSPS) is 19.3. The Morgan fingerprint density at radius 3 is 2.78 bits per heavy atom. The molecular weight excluding hydrogens is 312 g/mol. The Morgan fingerprint density at radius 2 is 2.04 bits per heavy atom. The van der Waals surface area contributed by atoms with E-state index in [1.165, 1.54) is 11.8 Å². The van der Waals surface area contributed by atoms with Crippen LogP contribution in [0, 0.1) is 13.8 Å². The van der Waals surface area contributed by atoms with E-state index < -0.39 is 10.0 Å². The predicted octanol–water partition coefficient (Wildman–Crippen LogP) is 1.76. The maximum absolute atomic E-state index is 11.4. The van der Waals surface area contributed by atoms with E-state index >= 15 is 0 Å². The van der Waals surface area contributed by atoms with Gasteiger partial charge in [-0.15, -0.1) is 0 Å². The number of hydrogen-bond donors (Lipinski definition) is 1. The van der Waals surface area contributed by atoms with Crippen LogP contribution in [-0.4, -0.2) is 43.8 Å². The van der Waals surface area contributed by atoms with Crippen molar-refractivity contribution in [2.24, 2.45) is 0 Å². The molecular formula is C16H22N4O2S. The molecule has 0 aliphatic carbocycles. The molecule has 1 atom stereocenters. The van der Waals surface area contributed by atoms with Crippen LogP contribution in [-0.2, 0) is 10.0 Å². The summed E-state index contributed by atoms with van der Waals surface area (Å²) in [6.45, 7) is 5.54. The Bertz CT molecular complexity index is 835. The van der Waals surface area contributed by atoms with E-state index in [1.807, 2.05) is 19.1 Å². The van der Waals surface area contributed by atoms with Crippen molar-refractivity contribution in [2.75, 3.05) is 24.2 Å². The van der Waals surface area contributed by atoms with Gasteiger partial charge in [0.05, 0.1) is 6.26 Å². The van der Waals surface area contributed by atoms with Crippen molar-refractivity contribution in [1.29, 1.82) is 0 Å². The number of pyridine rings is 2. The number of nitrogens with zero attached hydrogens (tertiary/aromatic N) is 3. The average molecular weight is 334 g/mol. The molecule has 0 aromatic carbocycles. The van der Waals surface area contributed by atoms with Crippen LogP contribution >= 0.6 is 0 Å². The van der Waals surface area contributed by atoms with E-state index in [4.69, 9.17) is 0 Å². The zero-order chi connectivity index (χ0) is 16.6. The molecule has 2 aromatic rings. The first-order valence-electron chi connectivity index (χ1n) is 7.79. The summed E-state index contributed by atoms with van der Waals surface area (Å²) in [5, 5.41) is 1.06. The van der Waals surface area contributed by atoms with Crippen LogP contribution in [0.2, 0.25) is 0 Å². The van der Waals surface area contributed by atoms with Crippen molar-refractivity contribution in [3.8, 4) is 0 Å². The molecule has 2 aromatic heterocycles. The summed E-state index contributed by atoms with van der Waals surface area (Å²) in [6, 6.07) is 6.03. The molecule has 1 unspecified atom stereocenters. The minimum Gasteiger partial charge on any atom is -0.355 e. The zero-order valence-electron chi connectivity index (χ0n) is 13.7. The lowest BCUT2D eigenvalue weighted by atomic mass is 10.1. The molecule has 7 heteroatoms. The van der Waals surface area contributed by atoms with Crippen molar-refractivity contribution < 1.29 is 8.42 Å². The molecule has 0 bridgehead atoms. The molecule has 1 fully saturated rings. The van der Waals surface area contributed by atoms with Crippen molar-refractivity contribution in [2.45, 2.75) is 32.7 Å². The van der Waals surface area contributed by atoms with Crippen molar-refractivity contribution in [3.05, 3.63) is 29.5 Å². The van der Waals surface area contributed by atoms with Crippen LogP contribution < -0.4 is 9.62 Å². The molecule has 1 aliphatic rings. The smallest absolute Gasteiger partial charge is 0.209 e. The number of anilines is 1. The molecule has 0 amide bonds. The van der Waals surface area contributed by atoms with Crippen molar-refractivity contribution in [3.63, 3.8) is 0 Å². The van der Waals surface area contributed by atoms with Gasteiger partial charge in [-0.2, -0.15) is 0 Å². The molecule has 1 aliphatic heterocycles. The molecule has 0 saturated carbocycles. The number of fused-ring (bicyclic) bond motifs is 1. The van der Waals surface area contributed by atoms with Gasteiger partial charge in [-0.05, 0) is 50.5 Å². The van der Waals surface area contributed by atoms with Gasteiger partial charge in [0.2, 0.25) is 10.0 Å². The topological polar surface area (TPSA) is 75.2 Å². The van der Waals surface area contributed by atoms with Gasteiger partial charge in [-0.1, -0.05) is 0 Å². The van der Waals surface area contributed by atoms with Crippen LogP contribution in [0.15, 0.2) is 18.2 Å². The average Bonchev–Trinajstić information content (AvgIpc) is 2.45. The second-order valence-electron chi connectivity index (χ2n) is 6.30. The lowest BCUT2D eigenvalue weighted by molar-refractivity contribution is 0.466. The van der Waals surface area contributed by atoms with Gasteiger partial charge in [-0.3, -0.25) is 0 Å². The van der Waals surface area contributed by atoms with Crippen molar-refractivity contribution in [1.82, 2.24) is 14.7 Å². The summed E-state index contributed by atoms with van der Waals surface area (Å²) in [4.78, 5) is 11.3. The maximum atomic E-state index is 11.4. The highest BCUT2D eigenvalue weighted by Gasteiger charge is 2.23. The van der Waals surface area contributed by atoms with Gasteiger partial charge in [0, 0.05) is 30.2 Å². The fraction of sp³-hybridized carbons (Fsp3) is 0.500. The molecule has 0 radical (unpaired) electrons. The third-order valence-corrected chi connectivity index (χ3v) is 4.88. The Hall–Kier alpha value is -1.73. The standard InChI is InChI=1S/C16H22N4O2S/c1-11-9-12(2)17-16-14(11)6-7-15(18-16)20-8-4-5-13(10-20)19-23(3,21)22/h6-7,9,13,19H,4-5,8,10H2,1-3H3. The first-order chi connectivity index (χ1) is 10.8. The monoisotopic (exact) mass is 334 g/mol. The first-order valence-corrected chi connectivity index (χ1v) is 9.68. The van der Waals surface area contributed by atoms with E-state index in [0.29, 0.717) is 6.54 Å². The van der Waals surface area contributed by atoms with Gasteiger partial charge in [0.15, 0.2) is 5.65 Å². The minimum atomic E-state index is -3.18. The van der Waals surface area contributed by atoms with Crippen molar-refractivity contribution >= 4 is 26.9 Å². The predicted molar refractivity (Wildman–Crippen MR) is 92.2 cm³/mol. The Kier molecular flexibility index (Phi) is 4.25. The fourth-order valence-electron chi connectivity index (χ4n) is 3.18. The van der Waals surface area contributed by atoms with Gasteiger partial charge in [0.25, 0.3) is 0 Å². The lowest BCUT2D eigenvalue weighted by Gasteiger charge is -2.33. The summed E-state index contributed by atoms with van der Waals surface area (Å²) in [5.41, 5.74) is 2.87. The number of piperidine rings is 1. The van der Waals surface area contributed by atoms with E-state index in [-0.39, 0.29) is 6.04 Å². The number of rotatable bonds is 3. The van der Waals surface area contributed by atoms with Crippen LogP contribution in [0.4, 0.5) is 5.82 Å². The van der Waals surface area contributed by atoms with Gasteiger partial charge in [-0.25, -0.2) is 23.1 Å². The van der Waals surface area contributed by atoms with E-state index in [0.717, 1.165) is 41.9 Å². The largest absolute Gasteiger partial charge is 0.355 e. The van der Waals surface area contributed by atoms with E-state index in [2.05, 4.69) is 32.6 Å². The highest BCUT2D eigenvalue weighted by Crippen LogP contribution is 2.23. The molecule has 6 nitrogen and oxygen atoms in total. The Balaban J connectivity index is 1.87. The quantitative estimate of drug-likeness (QED) is 0.926. The lowest BCUT2D eigenvalue weighted by Crippen LogP contribution is -2.47. The second kappa shape index (κ2) is 6.05. The third-order valence-electron chi connectivity index (χ3n) is 4.12. The van der Waals surface area contributed by atoms with Crippen LogP contribution in [0.5, 0.6) is 0 Å². The third kappa shape index (κ3) is 3.79. The summed E-state index contributed by atoms with van der Waals surface area (Å²) in [7, 11) is -3.18. The van der Waals surface area contributed by atoms with E-state index in [9.17, 15) is 8.42 Å². The molecule has 3 rings (SSSR count). The van der Waals surface area contributed by atoms with Gasteiger partial charge < -0.3 is 4.90 Å². The fourth-order valence-corrected chi connectivity index (χ4v) is 3.98. The van der Waals surface area contributed by atoms with E-state index in [1.54, 1.807) is 0 Å². The SMILES string of the molecule is Cc1cc(C)c2ccc(N3CCCC(NS(C)(=O)=O)C3)nc2n1. The minimum absolute atomic E-state index is 0.0662. The summed E-state index contributed by atoms with van der Waals surface area (Å²) in [5.74, 6) is 0.856. The van der Waals surface area contributed by atoms with Crippen LogP contribution in [0.1, 0.15) is 24.1 Å². The van der Waals surface area contributed by atoms with Crippen LogP contribution in [0.25, 0.3) is 11.0 Å². The highest BCUT2D eigenvalue weighted by atomic mass is 32.2. The highest BCUT2D eigenvalue weighted by molar-refractivity contribution is 7.88. The second-order valence-corrected chi connectivity index (χ2v) is 8.08. The van der Waals surface area contributed by atoms with Gasteiger partial charge >= 0.3 is 0 Å². The first kappa shape index (κ1) is 16.1. The molecule has 1 saturated heterocycles. The number of sulfonamides is 1. The van der Waals surface area contributed by atoms with Gasteiger partial charge in [0.1, 0.15) is 5.82 Å². The summed E-state index contributed by atoms with van der Waals surface area (Å²) in [6.07, 6.45) is 3.00. The number of aryl methyl sites for hydroxylation is 2. The number of nitrogens with one attached hydrogen (secondary N) is 1. The maximum Gasteiger partial charge on any atom is 0.209 e. The Morgan fingerprint density at radius 1 is 1.26 bits per heavy atom. The molecule has 1 N–H and O–H groups in total. The molecule has 3 heterocycles. The number of aromatic nitrogens is 2. The number of hydrogen-bond acceptors (Lipinski definition) is 5. The zero-order valence-corrected chi connectivity index (χ0v) is 14.5. The Labute approximate surface area is 137 Å². The summed E-state index contributed by atoms with van der Waals surface area (Å²) < 4.78 is 25.6. The van der Waals surface area contributed by atoms with Crippen LogP contribution in [0.3, 0.4) is 0 Å².